The number of carboxylic acid groups (broad SMARTS) is 1. The van der Waals surface area contributed by atoms with Crippen LogP contribution in [0, 0.1) is 6.92 Å². The zero-order valence-electron chi connectivity index (χ0n) is 14.2. The highest BCUT2D eigenvalue weighted by molar-refractivity contribution is 6.04. The number of hydrogen-bond donors (Lipinski definition) is 3. The summed E-state index contributed by atoms with van der Waals surface area (Å²) in [6, 6.07) is 3.96. The number of fused-ring (bicyclic) bond motifs is 1. The molecule has 1 aliphatic rings. The van der Waals surface area contributed by atoms with Crippen LogP contribution in [-0.2, 0) is 13.0 Å². The lowest BCUT2D eigenvalue weighted by atomic mass is 10.0. The molecule has 2 aromatic rings. The number of carboxylic acids is 1. The molecule has 0 spiro atoms. The number of piperazine rings is 1. The Balaban J connectivity index is 1.96. The summed E-state index contributed by atoms with van der Waals surface area (Å²) in [5.74, 6) is -0.872. The third kappa shape index (κ3) is 3.31. The molecule has 4 N–H and O–H groups in total. The third-order valence-electron chi connectivity index (χ3n) is 4.82. The first kappa shape index (κ1) is 17.0. The van der Waals surface area contributed by atoms with E-state index in [2.05, 4.69) is 22.5 Å². The molecule has 24 heavy (non-hydrogen) atoms. The van der Waals surface area contributed by atoms with Crippen LogP contribution in [0.5, 0.6) is 0 Å². The smallest absolute Gasteiger partial charge is 0.338 e. The molecule has 0 unspecified atom stereocenters. The fourth-order valence-electron chi connectivity index (χ4n) is 3.57. The van der Waals surface area contributed by atoms with Crippen LogP contribution in [0.15, 0.2) is 18.3 Å². The van der Waals surface area contributed by atoms with Gasteiger partial charge in [-0.2, -0.15) is 0 Å². The van der Waals surface area contributed by atoms with E-state index in [-0.39, 0.29) is 0 Å². The Labute approximate surface area is 142 Å². The van der Waals surface area contributed by atoms with E-state index in [4.69, 9.17) is 5.73 Å². The van der Waals surface area contributed by atoms with Crippen molar-refractivity contribution >= 4 is 16.9 Å². The van der Waals surface area contributed by atoms with E-state index in [1.807, 2.05) is 17.6 Å². The van der Waals surface area contributed by atoms with Gasteiger partial charge >= 0.3 is 5.97 Å². The van der Waals surface area contributed by atoms with Gasteiger partial charge in [-0.1, -0.05) is 12.1 Å². The number of rotatable bonds is 6. The largest absolute Gasteiger partial charge is 0.478 e. The van der Waals surface area contributed by atoms with E-state index in [9.17, 15) is 9.90 Å². The van der Waals surface area contributed by atoms with E-state index < -0.39 is 5.97 Å². The van der Waals surface area contributed by atoms with Gasteiger partial charge in [-0.15, -0.1) is 0 Å². The maximum Gasteiger partial charge on any atom is 0.338 e. The van der Waals surface area contributed by atoms with E-state index in [0.29, 0.717) is 18.7 Å². The van der Waals surface area contributed by atoms with Crippen LogP contribution in [0.25, 0.3) is 10.9 Å². The van der Waals surface area contributed by atoms with Gasteiger partial charge in [0, 0.05) is 57.4 Å². The standard InChI is InChI=1S/C18H26N4O2/c1-13-2-3-15-14(4-8-21-10-6-20-7-11-21)12-22(9-5-19)17(15)16(13)18(23)24/h2-3,12,20H,4-11,19H2,1H3,(H,23,24). The van der Waals surface area contributed by atoms with Gasteiger partial charge in [0.25, 0.3) is 0 Å². The molecule has 1 aliphatic heterocycles. The van der Waals surface area contributed by atoms with Crippen LogP contribution in [0.4, 0.5) is 0 Å². The van der Waals surface area contributed by atoms with Crippen molar-refractivity contribution in [1.82, 2.24) is 14.8 Å². The predicted molar refractivity (Wildman–Crippen MR) is 95.7 cm³/mol. The highest BCUT2D eigenvalue weighted by Crippen LogP contribution is 2.28. The van der Waals surface area contributed by atoms with Crippen molar-refractivity contribution in [2.45, 2.75) is 19.9 Å². The van der Waals surface area contributed by atoms with Gasteiger partial charge < -0.3 is 25.6 Å². The highest BCUT2D eigenvalue weighted by atomic mass is 16.4. The molecular weight excluding hydrogens is 304 g/mol. The maximum atomic E-state index is 11.7. The molecule has 1 aromatic carbocycles. The summed E-state index contributed by atoms with van der Waals surface area (Å²) in [5.41, 5.74) is 8.94. The van der Waals surface area contributed by atoms with Gasteiger partial charge in [-0.25, -0.2) is 4.79 Å². The van der Waals surface area contributed by atoms with E-state index in [1.54, 1.807) is 0 Å². The minimum atomic E-state index is -0.872. The first-order valence-electron chi connectivity index (χ1n) is 8.59. The van der Waals surface area contributed by atoms with Gasteiger partial charge in [-0.05, 0) is 24.5 Å². The second kappa shape index (κ2) is 7.34. The molecule has 0 bridgehead atoms. The molecule has 0 aliphatic carbocycles. The molecular formula is C18H26N4O2. The average Bonchev–Trinajstić information content (AvgIpc) is 2.91. The summed E-state index contributed by atoms with van der Waals surface area (Å²) in [7, 11) is 0. The summed E-state index contributed by atoms with van der Waals surface area (Å²) in [4.78, 5) is 14.2. The zero-order valence-corrected chi connectivity index (χ0v) is 14.2. The number of aromatic carboxylic acids is 1. The molecule has 1 fully saturated rings. The lowest BCUT2D eigenvalue weighted by Crippen LogP contribution is -2.44. The van der Waals surface area contributed by atoms with Crippen molar-refractivity contribution < 1.29 is 9.90 Å². The summed E-state index contributed by atoms with van der Waals surface area (Å²) >= 11 is 0. The summed E-state index contributed by atoms with van der Waals surface area (Å²) < 4.78 is 2.01. The van der Waals surface area contributed by atoms with E-state index in [0.717, 1.165) is 55.6 Å². The van der Waals surface area contributed by atoms with Gasteiger partial charge in [0.1, 0.15) is 0 Å². The zero-order chi connectivity index (χ0) is 17.1. The number of aryl methyl sites for hydroxylation is 1. The number of nitrogens with one attached hydrogen (secondary N) is 1. The minimum Gasteiger partial charge on any atom is -0.478 e. The highest BCUT2D eigenvalue weighted by Gasteiger charge is 2.19. The van der Waals surface area contributed by atoms with Crippen molar-refractivity contribution in [3.05, 3.63) is 35.0 Å². The third-order valence-corrected chi connectivity index (χ3v) is 4.82. The summed E-state index contributed by atoms with van der Waals surface area (Å²) in [5, 5.41) is 14.0. The monoisotopic (exact) mass is 330 g/mol. The van der Waals surface area contributed by atoms with Crippen LogP contribution in [0.2, 0.25) is 0 Å². The lowest BCUT2D eigenvalue weighted by Gasteiger charge is -2.26. The van der Waals surface area contributed by atoms with Crippen molar-refractivity contribution in [2.75, 3.05) is 39.3 Å². The van der Waals surface area contributed by atoms with Crippen LogP contribution >= 0.6 is 0 Å². The molecule has 1 aromatic heterocycles. The number of carbonyl (C=O) groups is 1. The summed E-state index contributed by atoms with van der Waals surface area (Å²) in [6.07, 6.45) is 3.02. The van der Waals surface area contributed by atoms with Crippen molar-refractivity contribution in [3.63, 3.8) is 0 Å². The Bertz CT molecular complexity index is 732. The molecule has 0 atom stereocenters. The Morgan fingerprint density at radius 2 is 2.04 bits per heavy atom. The SMILES string of the molecule is Cc1ccc2c(CCN3CCNCC3)cn(CCN)c2c1C(=O)O. The molecule has 6 heteroatoms. The van der Waals surface area contributed by atoms with E-state index >= 15 is 0 Å². The molecule has 0 saturated carbocycles. The molecule has 6 nitrogen and oxygen atoms in total. The molecule has 3 rings (SSSR count). The summed E-state index contributed by atoms with van der Waals surface area (Å²) in [6.45, 7) is 8.20. The normalized spacial score (nSPS) is 15.9. The Morgan fingerprint density at radius 3 is 2.71 bits per heavy atom. The van der Waals surface area contributed by atoms with Gasteiger partial charge in [-0.3, -0.25) is 0 Å². The van der Waals surface area contributed by atoms with Crippen molar-refractivity contribution in [3.8, 4) is 0 Å². The molecule has 1 saturated heterocycles. The second-order valence-electron chi connectivity index (χ2n) is 6.44. The number of nitrogens with zero attached hydrogens (tertiary/aromatic N) is 2. The minimum absolute atomic E-state index is 0.398. The first-order chi connectivity index (χ1) is 11.6. The maximum absolute atomic E-state index is 11.7. The van der Waals surface area contributed by atoms with Gasteiger partial charge in [0.2, 0.25) is 0 Å². The van der Waals surface area contributed by atoms with Crippen LogP contribution in [0.1, 0.15) is 21.5 Å². The number of nitrogens with two attached hydrogens (primary N) is 1. The fraction of sp³-hybridized carbons (Fsp3) is 0.500. The Hall–Kier alpha value is -1.89. The second-order valence-corrected chi connectivity index (χ2v) is 6.44. The number of benzene rings is 1. The van der Waals surface area contributed by atoms with Crippen molar-refractivity contribution in [1.29, 1.82) is 0 Å². The number of aromatic nitrogens is 1. The average molecular weight is 330 g/mol. The van der Waals surface area contributed by atoms with Gasteiger partial charge in [0.05, 0.1) is 11.1 Å². The predicted octanol–water partition coefficient (Wildman–Crippen LogP) is 1.05. The van der Waals surface area contributed by atoms with Gasteiger partial charge in [0.15, 0.2) is 0 Å². The molecule has 0 radical (unpaired) electrons. The Morgan fingerprint density at radius 1 is 1.29 bits per heavy atom. The topological polar surface area (TPSA) is 83.5 Å². The number of hydrogen-bond acceptors (Lipinski definition) is 4. The molecule has 2 heterocycles. The lowest BCUT2D eigenvalue weighted by molar-refractivity contribution is 0.0698. The first-order valence-corrected chi connectivity index (χ1v) is 8.59. The Kier molecular flexibility index (Phi) is 5.18. The fourth-order valence-corrected chi connectivity index (χ4v) is 3.57. The quantitative estimate of drug-likeness (QED) is 0.737. The molecule has 0 amide bonds. The van der Waals surface area contributed by atoms with Crippen LogP contribution in [-0.4, -0.2) is 59.8 Å². The van der Waals surface area contributed by atoms with Crippen LogP contribution in [0.3, 0.4) is 0 Å². The van der Waals surface area contributed by atoms with Crippen molar-refractivity contribution in [2.24, 2.45) is 5.73 Å². The molecule has 130 valence electrons. The van der Waals surface area contributed by atoms with Crippen LogP contribution < -0.4 is 11.1 Å². The van der Waals surface area contributed by atoms with E-state index in [1.165, 1.54) is 5.56 Å².